The Morgan fingerprint density at radius 3 is 2.74 bits per heavy atom. The number of anilines is 2. The maximum atomic E-state index is 12.0. The van der Waals surface area contributed by atoms with Crippen LogP contribution in [0.15, 0.2) is 30.3 Å². The standard InChI is InChI=1S/C19H26N6O2/c1-12-11-24(8-9-25(12)13(2)19(27)21-3)16-10-15(22-23-18(16)20)14-6-4-5-7-17(14)26/h4-7,10,12-13,26H,8-9,11H2,1-3H3,(H2,20,23)(H,21,27). The van der Waals surface area contributed by atoms with Crippen molar-refractivity contribution in [1.82, 2.24) is 20.4 Å². The lowest BCUT2D eigenvalue weighted by atomic mass is 10.1. The number of benzene rings is 1. The number of para-hydroxylation sites is 1. The van der Waals surface area contributed by atoms with Crippen molar-refractivity contribution in [3.8, 4) is 17.0 Å². The Kier molecular flexibility index (Phi) is 5.46. The number of nitrogens with two attached hydrogens (primary N) is 1. The zero-order chi connectivity index (χ0) is 19.6. The van der Waals surface area contributed by atoms with Gasteiger partial charge in [0.1, 0.15) is 5.75 Å². The van der Waals surface area contributed by atoms with E-state index in [2.05, 4.69) is 32.2 Å². The fraction of sp³-hybridized carbons (Fsp3) is 0.421. The molecule has 2 heterocycles. The summed E-state index contributed by atoms with van der Waals surface area (Å²) in [4.78, 5) is 16.3. The van der Waals surface area contributed by atoms with E-state index < -0.39 is 0 Å². The van der Waals surface area contributed by atoms with Crippen LogP contribution in [0.1, 0.15) is 13.8 Å². The van der Waals surface area contributed by atoms with E-state index in [1.165, 1.54) is 0 Å². The predicted octanol–water partition coefficient (Wildman–Crippen LogP) is 1.08. The van der Waals surface area contributed by atoms with E-state index in [0.717, 1.165) is 25.3 Å². The molecule has 2 atom stereocenters. The molecule has 0 bridgehead atoms. The molecule has 3 rings (SSSR count). The lowest BCUT2D eigenvalue weighted by molar-refractivity contribution is -0.126. The number of nitrogens with one attached hydrogen (secondary N) is 1. The molecule has 1 aromatic carbocycles. The molecule has 1 saturated heterocycles. The van der Waals surface area contributed by atoms with E-state index in [9.17, 15) is 9.90 Å². The molecule has 1 amide bonds. The summed E-state index contributed by atoms with van der Waals surface area (Å²) in [6.45, 7) is 6.20. The summed E-state index contributed by atoms with van der Waals surface area (Å²) >= 11 is 0. The Labute approximate surface area is 159 Å². The van der Waals surface area contributed by atoms with Crippen molar-refractivity contribution in [3.63, 3.8) is 0 Å². The highest BCUT2D eigenvalue weighted by molar-refractivity contribution is 5.81. The number of phenols is 1. The van der Waals surface area contributed by atoms with Crippen LogP contribution in [0.25, 0.3) is 11.3 Å². The molecular formula is C19H26N6O2. The second-order valence-corrected chi connectivity index (χ2v) is 6.84. The van der Waals surface area contributed by atoms with Crippen LogP contribution in [-0.2, 0) is 4.79 Å². The number of rotatable bonds is 4. The molecule has 2 unspecified atom stereocenters. The van der Waals surface area contributed by atoms with Crippen LogP contribution in [0.3, 0.4) is 0 Å². The Hall–Kier alpha value is -2.87. The summed E-state index contributed by atoms with van der Waals surface area (Å²) in [5.41, 5.74) is 8.08. The minimum atomic E-state index is -0.183. The first kappa shape index (κ1) is 18.9. The van der Waals surface area contributed by atoms with Gasteiger partial charge in [-0.25, -0.2) is 0 Å². The molecule has 0 saturated carbocycles. The maximum Gasteiger partial charge on any atom is 0.236 e. The monoisotopic (exact) mass is 370 g/mol. The average Bonchev–Trinajstić information content (AvgIpc) is 2.67. The molecular weight excluding hydrogens is 344 g/mol. The number of hydrogen-bond acceptors (Lipinski definition) is 7. The fourth-order valence-corrected chi connectivity index (χ4v) is 3.59. The second-order valence-electron chi connectivity index (χ2n) is 6.84. The zero-order valence-electron chi connectivity index (χ0n) is 15.9. The predicted molar refractivity (Wildman–Crippen MR) is 105 cm³/mol. The number of nitrogens with zero attached hydrogens (tertiary/aromatic N) is 4. The van der Waals surface area contributed by atoms with Gasteiger partial charge in [-0.2, -0.15) is 0 Å². The number of aromatic hydroxyl groups is 1. The average molecular weight is 370 g/mol. The topological polar surface area (TPSA) is 108 Å². The quantitative estimate of drug-likeness (QED) is 0.739. The third-order valence-corrected chi connectivity index (χ3v) is 5.12. The van der Waals surface area contributed by atoms with Crippen molar-refractivity contribution in [2.24, 2.45) is 0 Å². The Bertz CT molecular complexity index is 828. The molecule has 8 heteroatoms. The Balaban J connectivity index is 1.83. The summed E-state index contributed by atoms with van der Waals surface area (Å²) in [5.74, 6) is 0.525. The number of likely N-dealkylation sites (N-methyl/N-ethyl adjacent to an activating group) is 1. The SMILES string of the molecule is CNC(=O)C(C)N1CCN(c2cc(-c3ccccc3O)nnc2N)CC1C. The van der Waals surface area contributed by atoms with Crippen molar-refractivity contribution >= 4 is 17.4 Å². The van der Waals surface area contributed by atoms with E-state index in [1.54, 1.807) is 25.2 Å². The summed E-state index contributed by atoms with van der Waals surface area (Å²) < 4.78 is 0. The first-order valence-corrected chi connectivity index (χ1v) is 9.06. The minimum absolute atomic E-state index is 0.0160. The van der Waals surface area contributed by atoms with E-state index in [-0.39, 0.29) is 23.7 Å². The van der Waals surface area contributed by atoms with Crippen LogP contribution < -0.4 is 16.0 Å². The van der Waals surface area contributed by atoms with Crippen LogP contribution in [0.4, 0.5) is 11.5 Å². The second kappa shape index (κ2) is 7.79. The third kappa shape index (κ3) is 3.80. The molecule has 1 aliphatic rings. The molecule has 1 fully saturated rings. The summed E-state index contributed by atoms with van der Waals surface area (Å²) in [5, 5.41) is 21.0. The van der Waals surface area contributed by atoms with Gasteiger partial charge in [-0.1, -0.05) is 12.1 Å². The molecule has 2 aromatic rings. The number of aromatic nitrogens is 2. The van der Waals surface area contributed by atoms with Gasteiger partial charge in [-0.15, -0.1) is 10.2 Å². The number of carbonyl (C=O) groups excluding carboxylic acids is 1. The highest BCUT2D eigenvalue weighted by Crippen LogP contribution is 2.32. The smallest absolute Gasteiger partial charge is 0.236 e. The first-order chi connectivity index (χ1) is 12.9. The van der Waals surface area contributed by atoms with Crippen molar-refractivity contribution in [3.05, 3.63) is 30.3 Å². The lowest BCUT2D eigenvalue weighted by Gasteiger charge is -2.43. The van der Waals surface area contributed by atoms with Gasteiger partial charge in [0.15, 0.2) is 5.82 Å². The van der Waals surface area contributed by atoms with Gasteiger partial charge in [-0.05, 0) is 32.0 Å². The van der Waals surface area contributed by atoms with Crippen molar-refractivity contribution in [1.29, 1.82) is 0 Å². The van der Waals surface area contributed by atoms with Gasteiger partial charge in [-0.3, -0.25) is 9.69 Å². The lowest BCUT2D eigenvalue weighted by Crippen LogP contribution is -2.58. The van der Waals surface area contributed by atoms with E-state index in [0.29, 0.717) is 17.1 Å². The number of piperazine rings is 1. The van der Waals surface area contributed by atoms with Gasteiger partial charge >= 0.3 is 0 Å². The number of amides is 1. The normalized spacial score (nSPS) is 18.9. The van der Waals surface area contributed by atoms with Crippen LogP contribution >= 0.6 is 0 Å². The first-order valence-electron chi connectivity index (χ1n) is 9.06. The van der Waals surface area contributed by atoms with Gasteiger partial charge in [0.05, 0.1) is 17.4 Å². The fourth-order valence-electron chi connectivity index (χ4n) is 3.59. The zero-order valence-corrected chi connectivity index (χ0v) is 15.9. The van der Waals surface area contributed by atoms with Gasteiger partial charge in [0.2, 0.25) is 5.91 Å². The highest BCUT2D eigenvalue weighted by Gasteiger charge is 2.31. The molecule has 1 aromatic heterocycles. The molecule has 1 aliphatic heterocycles. The largest absolute Gasteiger partial charge is 0.507 e. The Morgan fingerprint density at radius 1 is 1.33 bits per heavy atom. The molecule has 0 radical (unpaired) electrons. The van der Waals surface area contributed by atoms with Crippen LogP contribution in [0.5, 0.6) is 5.75 Å². The minimum Gasteiger partial charge on any atom is -0.507 e. The Morgan fingerprint density at radius 2 is 2.07 bits per heavy atom. The van der Waals surface area contributed by atoms with Crippen molar-refractivity contribution < 1.29 is 9.90 Å². The van der Waals surface area contributed by atoms with E-state index >= 15 is 0 Å². The van der Waals surface area contributed by atoms with E-state index in [4.69, 9.17) is 5.73 Å². The molecule has 4 N–H and O–H groups in total. The van der Waals surface area contributed by atoms with Gasteiger partial charge in [0.25, 0.3) is 0 Å². The maximum absolute atomic E-state index is 12.0. The summed E-state index contributed by atoms with van der Waals surface area (Å²) in [7, 11) is 1.66. The van der Waals surface area contributed by atoms with Gasteiger partial charge < -0.3 is 21.1 Å². The molecule has 0 aliphatic carbocycles. The van der Waals surface area contributed by atoms with Crippen LogP contribution in [-0.4, -0.2) is 64.9 Å². The molecule has 8 nitrogen and oxygen atoms in total. The number of carbonyl (C=O) groups is 1. The number of phenolic OH excluding ortho intramolecular Hbond substituents is 1. The molecule has 0 spiro atoms. The number of hydrogen-bond donors (Lipinski definition) is 3. The van der Waals surface area contributed by atoms with Crippen LogP contribution in [0, 0.1) is 0 Å². The summed E-state index contributed by atoms with van der Waals surface area (Å²) in [6, 6.07) is 8.87. The third-order valence-electron chi connectivity index (χ3n) is 5.12. The van der Waals surface area contributed by atoms with Crippen LogP contribution in [0.2, 0.25) is 0 Å². The molecule has 144 valence electrons. The van der Waals surface area contributed by atoms with Gasteiger partial charge in [0, 0.05) is 38.3 Å². The van der Waals surface area contributed by atoms with Crippen molar-refractivity contribution in [2.75, 3.05) is 37.3 Å². The number of nitrogen functional groups attached to an aromatic ring is 1. The highest BCUT2D eigenvalue weighted by atomic mass is 16.3. The van der Waals surface area contributed by atoms with Crippen molar-refractivity contribution in [2.45, 2.75) is 25.9 Å². The summed E-state index contributed by atoms with van der Waals surface area (Å²) in [6.07, 6.45) is 0. The molecule has 27 heavy (non-hydrogen) atoms. The van der Waals surface area contributed by atoms with E-state index in [1.807, 2.05) is 19.1 Å².